The van der Waals surface area contributed by atoms with Crippen LogP contribution in [-0.4, -0.2) is 6.29 Å². The van der Waals surface area contributed by atoms with E-state index in [0.717, 1.165) is 6.29 Å². The van der Waals surface area contributed by atoms with E-state index in [1.807, 2.05) is 60.8 Å². The van der Waals surface area contributed by atoms with Crippen molar-refractivity contribution in [2.75, 3.05) is 0 Å². The summed E-state index contributed by atoms with van der Waals surface area (Å²) in [5.41, 5.74) is 0. The fraction of sp³-hybridized carbons (Fsp3) is 0. The van der Waals surface area contributed by atoms with Gasteiger partial charge in [-0.25, -0.2) is 0 Å². The van der Waals surface area contributed by atoms with Crippen LogP contribution < -0.4 is 15.9 Å². The van der Waals surface area contributed by atoms with Crippen molar-refractivity contribution in [2.24, 2.45) is 0 Å². The third-order valence-electron chi connectivity index (χ3n) is 4.01. The van der Waals surface area contributed by atoms with Gasteiger partial charge in [-0.2, -0.15) is 0 Å². The van der Waals surface area contributed by atoms with E-state index in [4.69, 9.17) is 0 Å². The van der Waals surface area contributed by atoms with Gasteiger partial charge in [0.15, 0.2) is 0 Å². The molecule has 0 saturated carbocycles. The Balaban J connectivity index is 2.31. The maximum absolute atomic E-state index is 11.5. The molecule has 1 nitrogen and oxygen atoms in total. The average molecular weight is 305 g/mol. The maximum atomic E-state index is 11.5. The number of rotatable bonds is 5. The third-order valence-corrected chi connectivity index (χ3v) is 8.37. The molecule has 0 spiro atoms. The van der Waals surface area contributed by atoms with E-state index in [-0.39, 0.29) is 0 Å². The van der Waals surface area contributed by atoms with Gasteiger partial charge in [0.2, 0.25) is 0 Å². The monoisotopic (exact) mass is 305 g/mol. The van der Waals surface area contributed by atoms with Crippen molar-refractivity contribution < 1.29 is 4.79 Å². The number of benzene rings is 3. The number of carbonyl (C=O) groups excluding carboxylic acids is 1. The quantitative estimate of drug-likeness (QED) is 0.523. The normalized spacial score (nSPS) is 11.8. The molecular weight excluding hydrogens is 287 g/mol. The Hall–Kier alpha value is -2.24. The van der Waals surface area contributed by atoms with Crippen LogP contribution in [0.5, 0.6) is 0 Å². The molecule has 0 N–H and O–H groups in total. The second-order valence-electron chi connectivity index (χ2n) is 5.21. The van der Waals surface area contributed by atoms with Gasteiger partial charge >= 0.3 is 131 Å². The van der Waals surface area contributed by atoms with Gasteiger partial charge in [-0.3, -0.25) is 0 Å². The van der Waals surface area contributed by atoms with Crippen molar-refractivity contribution in [2.45, 2.75) is 0 Å². The van der Waals surface area contributed by atoms with Crippen LogP contribution in [0.25, 0.3) is 0 Å². The Bertz CT molecular complexity index is 627. The standard InChI is InChI=1S/C20H18OP/c21-16-17-22(18-10-4-1-5-11-18,19-12-6-2-7-13-19)20-14-8-3-9-15-20/h1-17,22H. The molecule has 0 amide bonds. The van der Waals surface area contributed by atoms with Gasteiger partial charge in [-0.05, 0) is 0 Å². The number of aldehydes is 1. The van der Waals surface area contributed by atoms with Crippen molar-refractivity contribution in [3.8, 4) is 0 Å². The van der Waals surface area contributed by atoms with Crippen molar-refractivity contribution in [3.05, 3.63) is 97.2 Å². The molecule has 0 aliphatic carbocycles. The predicted octanol–water partition coefficient (Wildman–Crippen LogP) is 3.07. The zero-order valence-electron chi connectivity index (χ0n) is 12.2. The molecule has 3 aromatic rings. The first-order valence-corrected chi connectivity index (χ1v) is 9.42. The van der Waals surface area contributed by atoms with Crippen molar-refractivity contribution in [1.82, 2.24) is 0 Å². The second-order valence-corrected chi connectivity index (χ2v) is 8.89. The molecule has 22 heavy (non-hydrogen) atoms. The van der Waals surface area contributed by atoms with E-state index < -0.39 is 7.26 Å². The molecule has 0 aliphatic heterocycles. The van der Waals surface area contributed by atoms with Gasteiger partial charge in [0, 0.05) is 0 Å². The topological polar surface area (TPSA) is 17.1 Å². The van der Waals surface area contributed by atoms with Crippen LogP contribution in [0.4, 0.5) is 0 Å². The SMILES string of the molecule is O=C[CH][PH](c1ccccc1)(c1ccccc1)c1ccccc1. The summed E-state index contributed by atoms with van der Waals surface area (Å²) in [7, 11) is -2.42. The summed E-state index contributed by atoms with van der Waals surface area (Å²) in [5.74, 6) is 0. The van der Waals surface area contributed by atoms with Crippen molar-refractivity contribution in [1.29, 1.82) is 0 Å². The van der Waals surface area contributed by atoms with E-state index in [2.05, 4.69) is 36.4 Å². The summed E-state index contributed by atoms with van der Waals surface area (Å²) in [6.07, 6.45) is 2.84. The Morgan fingerprint density at radius 2 is 0.864 bits per heavy atom. The van der Waals surface area contributed by atoms with Crippen LogP contribution in [0.15, 0.2) is 91.0 Å². The minimum atomic E-state index is -2.42. The van der Waals surface area contributed by atoms with Gasteiger partial charge in [0.25, 0.3) is 0 Å². The van der Waals surface area contributed by atoms with Crippen LogP contribution in [0.3, 0.4) is 0 Å². The molecule has 0 aromatic heterocycles. The molecule has 3 aromatic carbocycles. The molecule has 109 valence electrons. The summed E-state index contributed by atoms with van der Waals surface area (Å²) >= 11 is 0. The van der Waals surface area contributed by atoms with Gasteiger partial charge in [0.05, 0.1) is 0 Å². The van der Waals surface area contributed by atoms with Crippen LogP contribution in [0.2, 0.25) is 0 Å². The Morgan fingerprint density at radius 3 is 1.14 bits per heavy atom. The van der Waals surface area contributed by atoms with Crippen LogP contribution in [0.1, 0.15) is 0 Å². The molecule has 0 fully saturated rings. The van der Waals surface area contributed by atoms with Gasteiger partial charge in [-0.1, -0.05) is 0 Å². The molecule has 0 saturated heterocycles. The number of carbonyl (C=O) groups is 1. The minimum absolute atomic E-state index is 0.958. The average Bonchev–Trinajstić information content (AvgIpc) is 2.62. The molecule has 2 heteroatoms. The first kappa shape index (κ1) is 14.7. The summed E-state index contributed by atoms with van der Waals surface area (Å²) in [6, 6.07) is 31.1. The summed E-state index contributed by atoms with van der Waals surface area (Å²) in [6.45, 7) is 0. The Kier molecular flexibility index (Phi) is 4.46. The molecular formula is C20H18OP. The second kappa shape index (κ2) is 6.68. The van der Waals surface area contributed by atoms with E-state index in [9.17, 15) is 4.79 Å². The van der Waals surface area contributed by atoms with Gasteiger partial charge in [-0.15, -0.1) is 0 Å². The molecule has 0 atom stereocenters. The first-order valence-electron chi connectivity index (χ1n) is 7.34. The van der Waals surface area contributed by atoms with Gasteiger partial charge in [0.1, 0.15) is 0 Å². The molecule has 0 bridgehead atoms. The molecule has 1 radical (unpaired) electrons. The molecule has 3 rings (SSSR count). The molecule has 0 unspecified atom stereocenters. The van der Waals surface area contributed by atoms with E-state index in [1.165, 1.54) is 15.9 Å². The van der Waals surface area contributed by atoms with E-state index in [0.29, 0.717) is 0 Å². The summed E-state index contributed by atoms with van der Waals surface area (Å²) < 4.78 is 0. The van der Waals surface area contributed by atoms with Crippen molar-refractivity contribution in [3.63, 3.8) is 0 Å². The van der Waals surface area contributed by atoms with Crippen LogP contribution in [-0.2, 0) is 4.79 Å². The zero-order chi connectivity index (χ0) is 15.3. The van der Waals surface area contributed by atoms with E-state index >= 15 is 0 Å². The zero-order valence-corrected chi connectivity index (χ0v) is 13.2. The predicted molar refractivity (Wildman–Crippen MR) is 96.9 cm³/mol. The third kappa shape index (κ3) is 2.61. The molecule has 0 heterocycles. The van der Waals surface area contributed by atoms with Crippen molar-refractivity contribution >= 4 is 29.5 Å². The Labute approximate surface area is 132 Å². The van der Waals surface area contributed by atoms with Crippen LogP contribution in [0, 0.1) is 6.16 Å². The summed E-state index contributed by atoms with van der Waals surface area (Å²) in [5, 5.41) is 3.67. The summed E-state index contributed by atoms with van der Waals surface area (Å²) in [4.78, 5) is 11.5. The number of hydrogen-bond donors (Lipinski definition) is 0. The fourth-order valence-corrected chi connectivity index (χ4v) is 6.93. The Morgan fingerprint density at radius 1 is 0.545 bits per heavy atom. The molecule has 0 aliphatic rings. The first-order chi connectivity index (χ1) is 10.9. The fourth-order valence-electron chi connectivity index (χ4n) is 2.99. The van der Waals surface area contributed by atoms with Crippen LogP contribution >= 0.6 is 7.26 Å². The number of hydrogen-bond acceptors (Lipinski definition) is 1. The van der Waals surface area contributed by atoms with E-state index in [1.54, 1.807) is 0 Å². The van der Waals surface area contributed by atoms with Gasteiger partial charge < -0.3 is 0 Å².